The predicted octanol–water partition coefficient (Wildman–Crippen LogP) is 4.09. The lowest BCUT2D eigenvalue weighted by Crippen LogP contribution is -2.22. The normalized spacial score (nSPS) is 11.4. The van der Waals surface area contributed by atoms with Crippen molar-refractivity contribution in [3.63, 3.8) is 0 Å². The minimum Gasteiger partial charge on any atom is -0.489 e. The zero-order valence-corrected chi connectivity index (χ0v) is 18.7. The van der Waals surface area contributed by atoms with Crippen LogP contribution in [0.1, 0.15) is 27.3 Å². The van der Waals surface area contributed by atoms with Gasteiger partial charge in [0.1, 0.15) is 12.4 Å². The van der Waals surface area contributed by atoms with Crippen molar-refractivity contribution in [1.29, 1.82) is 0 Å². The summed E-state index contributed by atoms with van der Waals surface area (Å²) in [6, 6.07) is 7.26. The fraction of sp³-hybridized carbons (Fsp3) is 0.304. The summed E-state index contributed by atoms with van der Waals surface area (Å²) >= 11 is 0. The van der Waals surface area contributed by atoms with Gasteiger partial charge in [-0.25, -0.2) is 14.8 Å². The molecule has 0 fully saturated rings. The van der Waals surface area contributed by atoms with E-state index in [-0.39, 0.29) is 30.2 Å². The first-order valence-electron chi connectivity index (χ1n) is 10.1. The van der Waals surface area contributed by atoms with Gasteiger partial charge in [0.25, 0.3) is 5.91 Å². The van der Waals surface area contributed by atoms with Crippen LogP contribution in [0.25, 0.3) is 11.0 Å². The summed E-state index contributed by atoms with van der Waals surface area (Å²) < 4.78 is 54.5. The number of benzene rings is 2. The molecule has 180 valence electrons. The number of nitrogens with one attached hydrogen (secondary N) is 1. The van der Waals surface area contributed by atoms with E-state index in [1.165, 1.54) is 19.2 Å². The van der Waals surface area contributed by atoms with E-state index in [9.17, 15) is 22.8 Å². The summed E-state index contributed by atoms with van der Waals surface area (Å²) in [7, 11) is 1.44. The highest BCUT2D eigenvalue weighted by atomic mass is 19.4. The van der Waals surface area contributed by atoms with Crippen LogP contribution in [0.3, 0.4) is 0 Å². The number of aryl methyl sites for hydroxylation is 2. The Kier molecular flexibility index (Phi) is 7.67. The molecule has 0 radical (unpaired) electrons. The van der Waals surface area contributed by atoms with E-state index in [2.05, 4.69) is 15.3 Å². The quantitative estimate of drug-likeness (QED) is 0.385. The van der Waals surface area contributed by atoms with Crippen LogP contribution in [-0.2, 0) is 20.4 Å². The summed E-state index contributed by atoms with van der Waals surface area (Å²) in [5, 5.41) is 2.30. The van der Waals surface area contributed by atoms with Crippen LogP contribution in [0.15, 0.2) is 36.4 Å². The fourth-order valence-electron chi connectivity index (χ4n) is 2.92. The number of halogens is 3. The summed E-state index contributed by atoms with van der Waals surface area (Å²) in [6.07, 6.45) is -4.62. The van der Waals surface area contributed by atoms with E-state index in [4.69, 9.17) is 14.2 Å². The molecule has 1 N–H and O–H groups in total. The molecule has 0 spiro atoms. The lowest BCUT2D eigenvalue weighted by atomic mass is 10.1. The molecule has 34 heavy (non-hydrogen) atoms. The number of nitrogens with zero attached hydrogens (tertiary/aromatic N) is 2. The Morgan fingerprint density at radius 2 is 1.68 bits per heavy atom. The molecule has 0 bridgehead atoms. The summed E-state index contributed by atoms with van der Waals surface area (Å²) in [6.45, 7) is 3.15. The number of aromatic nitrogens is 2. The number of hydrogen-bond donors (Lipinski definition) is 1. The molecule has 0 unspecified atom stereocenters. The van der Waals surface area contributed by atoms with Gasteiger partial charge in [-0.1, -0.05) is 0 Å². The van der Waals surface area contributed by atoms with Crippen molar-refractivity contribution in [3.05, 3.63) is 58.9 Å². The number of methoxy groups -OCH3 is 1. The number of fused-ring (bicyclic) bond motifs is 1. The first kappa shape index (κ1) is 24.9. The van der Waals surface area contributed by atoms with Gasteiger partial charge in [0.05, 0.1) is 45.8 Å². The smallest absolute Gasteiger partial charge is 0.416 e. The third-order valence-corrected chi connectivity index (χ3v) is 4.77. The number of carbonyl (C=O) groups excluding carboxylic acids is 2. The molecule has 0 atom stereocenters. The van der Waals surface area contributed by atoms with Crippen molar-refractivity contribution in [3.8, 4) is 5.75 Å². The average molecular weight is 477 g/mol. The highest BCUT2D eigenvalue weighted by molar-refractivity contribution is 5.97. The molecular formula is C23H22F3N3O5. The van der Waals surface area contributed by atoms with E-state index < -0.39 is 30.2 Å². The van der Waals surface area contributed by atoms with E-state index >= 15 is 0 Å². The third kappa shape index (κ3) is 6.19. The maximum atomic E-state index is 13.1. The van der Waals surface area contributed by atoms with Crippen molar-refractivity contribution in [2.45, 2.75) is 20.0 Å². The van der Waals surface area contributed by atoms with Crippen molar-refractivity contribution < 1.29 is 37.0 Å². The molecule has 3 aromatic rings. The van der Waals surface area contributed by atoms with Gasteiger partial charge in [-0.3, -0.25) is 4.79 Å². The lowest BCUT2D eigenvalue weighted by molar-refractivity contribution is -0.137. The van der Waals surface area contributed by atoms with Crippen molar-refractivity contribution in [2.24, 2.45) is 0 Å². The summed E-state index contributed by atoms with van der Waals surface area (Å²) in [4.78, 5) is 33.5. The summed E-state index contributed by atoms with van der Waals surface area (Å²) in [5.41, 5.74) is 1.54. The van der Waals surface area contributed by atoms with E-state index in [0.717, 1.165) is 23.9 Å². The van der Waals surface area contributed by atoms with E-state index in [1.54, 1.807) is 13.0 Å². The largest absolute Gasteiger partial charge is 0.489 e. The molecule has 1 amide bonds. The molecule has 2 aromatic carbocycles. The molecule has 0 saturated carbocycles. The fourth-order valence-corrected chi connectivity index (χ4v) is 2.92. The molecule has 1 aromatic heterocycles. The average Bonchev–Trinajstić information content (AvgIpc) is 2.78. The van der Waals surface area contributed by atoms with Gasteiger partial charge in [0.15, 0.2) is 6.61 Å². The standard InChI is InChI=1S/C23H22F3N3O5/c1-13-14(2)28-18-10-15(4-6-17(18)27-13)22(31)34-12-21(30)29-19-11-16(23(24,25)26)5-7-20(19)33-9-8-32-3/h4-7,10-11H,8-9,12H2,1-3H3,(H,29,30). The second kappa shape index (κ2) is 10.5. The molecule has 8 nitrogen and oxygen atoms in total. The Morgan fingerprint density at radius 1 is 0.971 bits per heavy atom. The predicted molar refractivity (Wildman–Crippen MR) is 117 cm³/mol. The second-order valence-corrected chi connectivity index (χ2v) is 7.27. The minimum absolute atomic E-state index is 0.0171. The zero-order valence-electron chi connectivity index (χ0n) is 18.7. The molecule has 0 aliphatic rings. The highest BCUT2D eigenvalue weighted by Gasteiger charge is 2.31. The number of rotatable bonds is 8. The Bertz CT molecular complexity index is 1210. The highest BCUT2D eigenvalue weighted by Crippen LogP contribution is 2.35. The van der Waals surface area contributed by atoms with E-state index in [1.807, 2.05) is 6.92 Å². The molecule has 11 heteroatoms. The zero-order chi connectivity index (χ0) is 24.9. The summed E-state index contributed by atoms with van der Waals surface area (Å²) in [5.74, 6) is -1.61. The van der Waals surface area contributed by atoms with Gasteiger partial charge < -0.3 is 19.5 Å². The van der Waals surface area contributed by atoms with Gasteiger partial charge in [0.2, 0.25) is 0 Å². The first-order valence-corrected chi connectivity index (χ1v) is 10.1. The molecule has 0 saturated heterocycles. The van der Waals surface area contributed by atoms with Crippen molar-refractivity contribution in [2.75, 3.05) is 32.2 Å². The lowest BCUT2D eigenvalue weighted by Gasteiger charge is -2.15. The van der Waals surface area contributed by atoms with Gasteiger partial charge in [-0.15, -0.1) is 0 Å². The third-order valence-electron chi connectivity index (χ3n) is 4.77. The molecule has 1 heterocycles. The second-order valence-electron chi connectivity index (χ2n) is 7.27. The number of esters is 1. The first-order chi connectivity index (χ1) is 16.1. The van der Waals surface area contributed by atoms with Crippen LogP contribution < -0.4 is 10.1 Å². The van der Waals surface area contributed by atoms with Crippen LogP contribution >= 0.6 is 0 Å². The molecule has 0 aliphatic heterocycles. The number of hydrogen-bond acceptors (Lipinski definition) is 7. The van der Waals surface area contributed by atoms with Crippen LogP contribution in [0.2, 0.25) is 0 Å². The number of alkyl halides is 3. The van der Waals surface area contributed by atoms with Crippen molar-refractivity contribution >= 4 is 28.6 Å². The SMILES string of the molecule is COCCOc1ccc(C(F)(F)F)cc1NC(=O)COC(=O)c1ccc2nc(C)c(C)nc2c1. The molecular weight excluding hydrogens is 455 g/mol. The Hall–Kier alpha value is -3.73. The van der Waals surface area contributed by atoms with Gasteiger partial charge in [-0.2, -0.15) is 13.2 Å². The van der Waals surface area contributed by atoms with E-state index in [0.29, 0.717) is 16.7 Å². The number of ether oxygens (including phenoxy) is 3. The monoisotopic (exact) mass is 477 g/mol. The Balaban J connectivity index is 1.69. The number of amides is 1. The topological polar surface area (TPSA) is 99.6 Å². The van der Waals surface area contributed by atoms with Gasteiger partial charge in [0, 0.05) is 7.11 Å². The van der Waals surface area contributed by atoms with Crippen LogP contribution in [0.5, 0.6) is 5.75 Å². The van der Waals surface area contributed by atoms with Crippen LogP contribution in [0, 0.1) is 13.8 Å². The minimum atomic E-state index is -4.62. The van der Waals surface area contributed by atoms with Crippen LogP contribution in [0.4, 0.5) is 18.9 Å². The maximum Gasteiger partial charge on any atom is 0.416 e. The Labute approximate surface area is 193 Å². The van der Waals surface area contributed by atoms with Gasteiger partial charge >= 0.3 is 12.1 Å². The molecule has 0 aliphatic carbocycles. The van der Waals surface area contributed by atoms with Crippen LogP contribution in [-0.4, -0.2) is 48.8 Å². The Morgan fingerprint density at radius 3 is 2.35 bits per heavy atom. The maximum absolute atomic E-state index is 13.1. The van der Waals surface area contributed by atoms with Crippen molar-refractivity contribution in [1.82, 2.24) is 9.97 Å². The number of carbonyl (C=O) groups is 2. The number of anilines is 1. The van der Waals surface area contributed by atoms with Gasteiger partial charge in [-0.05, 0) is 50.2 Å². The molecule has 3 rings (SSSR count).